The summed E-state index contributed by atoms with van der Waals surface area (Å²) in [7, 11) is -1.92. The summed E-state index contributed by atoms with van der Waals surface area (Å²) in [6, 6.07) is 12.8. The molecule has 144 valence electrons. The van der Waals surface area contributed by atoms with Gasteiger partial charge in [0.25, 0.3) is 0 Å². The van der Waals surface area contributed by atoms with Crippen LogP contribution in [0.15, 0.2) is 51.7 Å². The summed E-state index contributed by atoms with van der Waals surface area (Å²) in [4.78, 5) is 11.5. The lowest BCUT2D eigenvalue weighted by molar-refractivity contribution is 0.528. The minimum Gasteiger partial charge on any atom is -0.408 e. The van der Waals surface area contributed by atoms with Gasteiger partial charge >= 0.3 is 5.76 Å². The highest BCUT2D eigenvalue weighted by atomic mass is 32.2. The Morgan fingerprint density at radius 3 is 2.37 bits per heavy atom. The largest absolute Gasteiger partial charge is 0.419 e. The maximum Gasteiger partial charge on any atom is 0.419 e. The van der Waals surface area contributed by atoms with Crippen molar-refractivity contribution in [3.8, 4) is 0 Å². The lowest BCUT2D eigenvalue weighted by Crippen LogP contribution is -2.18. The maximum atomic E-state index is 12.4. The molecule has 0 saturated heterocycles. The van der Waals surface area contributed by atoms with Gasteiger partial charge in [-0.2, -0.15) is 0 Å². The second-order valence-electron chi connectivity index (χ2n) is 7.73. The number of sulfonamides is 1. The van der Waals surface area contributed by atoms with Crippen molar-refractivity contribution < 1.29 is 12.8 Å². The van der Waals surface area contributed by atoms with Gasteiger partial charge in [0, 0.05) is 13.1 Å². The van der Waals surface area contributed by atoms with Crippen LogP contribution in [0.25, 0.3) is 11.1 Å². The van der Waals surface area contributed by atoms with E-state index in [2.05, 4.69) is 25.5 Å². The zero-order valence-corrected chi connectivity index (χ0v) is 16.8. The molecular weight excluding hydrogens is 364 g/mol. The number of aryl methyl sites for hydroxylation is 2. The van der Waals surface area contributed by atoms with Gasteiger partial charge in [-0.1, -0.05) is 45.0 Å². The fourth-order valence-corrected chi connectivity index (χ4v) is 3.94. The standard InChI is InChI=1S/C20H24N2O4S/c1-20(2,3)15-7-5-14(6-8-15)11-12-27(24,25)21-16-9-10-17-18(13-16)26-19(23)22(17)4/h5-10,13,21H,11-12H2,1-4H3. The van der Waals surface area contributed by atoms with Crippen molar-refractivity contribution in [2.24, 2.45) is 7.05 Å². The highest BCUT2D eigenvalue weighted by Gasteiger charge is 2.15. The van der Waals surface area contributed by atoms with Gasteiger partial charge in [0.1, 0.15) is 0 Å². The normalized spacial score (nSPS) is 12.4. The van der Waals surface area contributed by atoms with Crippen LogP contribution in [-0.2, 0) is 28.9 Å². The molecule has 0 fully saturated rings. The number of aromatic nitrogens is 1. The van der Waals surface area contributed by atoms with E-state index in [4.69, 9.17) is 4.42 Å². The van der Waals surface area contributed by atoms with Crippen LogP contribution >= 0.6 is 0 Å². The summed E-state index contributed by atoms with van der Waals surface area (Å²) in [5, 5.41) is 0. The Bertz CT molecular complexity index is 1120. The minimum absolute atomic E-state index is 0.0291. The number of nitrogens with zero attached hydrogens (tertiary/aromatic N) is 1. The van der Waals surface area contributed by atoms with Crippen LogP contribution in [0.1, 0.15) is 31.9 Å². The molecule has 0 aliphatic heterocycles. The predicted molar refractivity (Wildman–Crippen MR) is 108 cm³/mol. The first-order valence-electron chi connectivity index (χ1n) is 8.75. The van der Waals surface area contributed by atoms with Crippen molar-refractivity contribution >= 4 is 26.8 Å². The van der Waals surface area contributed by atoms with Crippen LogP contribution in [0.4, 0.5) is 5.69 Å². The third-order valence-corrected chi connectivity index (χ3v) is 5.83. The Hall–Kier alpha value is -2.54. The molecule has 3 rings (SSSR count). The Labute approximate surface area is 158 Å². The summed E-state index contributed by atoms with van der Waals surface area (Å²) < 4.78 is 33.8. The van der Waals surface area contributed by atoms with Crippen LogP contribution in [0.2, 0.25) is 0 Å². The van der Waals surface area contributed by atoms with E-state index in [0.717, 1.165) is 5.56 Å². The fourth-order valence-electron chi connectivity index (χ4n) is 2.85. The summed E-state index contributed by atoms with van der Waals surface area (Å²) in [5.74, 6) is -0.512. The van der Waals surface area contributed by atoms with Gasteiger partial charge in [0.05, 0.1) is 17.0 Å². The molecule has 1 aromatic heterocycles. The monoisotopic (exact) mass is 388 g/mol. The van der Waals surface area contributed by atoms with Gasteiger partial charge in [0.15, 0.2) is 5.58 Å². The molecule has 6 nitrogen and oxygen atoms in total. The molecule has 0 aliphatic carbocycles. The molecule has 0 unspecified atom stereocenters. The predicted octanol–water partition coefficient (Wildman–Crippen LogP) is 3.41. The highest BCUT2D eigenvalue weighted by molar-refractivity contribution is 7.92. The van der Waals surface area contributed by atoms with Gasteiger partial charge < -0.3 is 4.42 Å². The zero-order valence-electron chi connectivity index (χ0n) is 15.9. The van der Waals surface area contributed by atoms with Crippen LogP contribution < -0.4 is 10.5 Å². The van der Waals surface area contributed by atoms with Crippen LogP contribution in [0.3, 0.4) is 0 Å². The Morgan fingerprint density at radius 2 is 1.74 bits per heavy atom. The Kier molecular flexibility index (Phi) is 4.90. The lowest BCUT2D eigenvalue weighted by atomic mass is 9.86. The second-order valence-corrected chi connectivity index (χ2v) is 9.57. The first-order valence-corrected chi connectivity index (χ1v) is 10.4. The molecule has 0 saturated carbocycles. The molecule has 0 bridgehead atoms. The summed E-state index contributed by atoms with van der Waals surface area (Å²) in [6.45, 7) is 6.42. The average molecular weight is 388 g/mol. The second kappa shape index (κ2) is 6.88. The molecule has 3 aromatic rings. The molecule has 0 spiro atoms. The first kappa shape index (κ1) is 19.2. The number of rotatable bonds is 5. The van der Waals surface area contributed by atoms with Crippen molar-refractivity contribution in [1.82, 2.24) is 4.57 Å². The third-order valence-electron chi connectivity index (χ3n) is 4.55. The molecule has 1 heterocycles. The van der Waals surface area contributed by atoms with Crippen LogP contribution in [0, 0.1) is 0 Å². The van der Waals surface area contributed by atoms with Crippen molar-refractivity contribution in [2.45, 2.75) is 32.6 Å². The Morgan fingerprint density at radius 1 is 1.07 bits per heavy atom. The molecule has 0 radical (unpaired) electrons. The number of hydrogen-bond acceptors (Lipinski definition) is 4. The summed E-state index contributed by atoms with van der Waals surface area (Å²) in [5.41, 5.74) is 3.59. The van der Waals surface area contributed by atoms with Gasteiger partial charge in [0.2, 0.25) is 10.0 Å². The summed E-state index contributed by atoms with van der Waals surface area (Å²) >= 11 is 0. The number of nitrogens with one attached hydrogen (secondary N) is 1. The van der Waals surface area contributed by atoms with Crippen molar-refractivity contribution in [3.05, 3.63) is 64.1 Å². The molecule has 7 heteroatoms. The molecule has 0 atom stereocenters. The number of benzene rings is 2. The molecule has 1 N–H and O–H groups in total. The average Bonchev–Trinajstić information content (AvgIpc) is 2.86. The van der Waals surface area contributed by atoms with E-state index < -0.39 is 15.8 Å². The van der Waals surface area contributed by atoms with E-state index in [-0.39, 0.29) is 11.2 Å². The van der Waals surface area contributed by atoms with Gasteiger partial charge in [-0.05, 0) is 35.1 Å². The van der Waals surface area contributed by atoms with E-state index in [1.54, 1.807) is 19.2 Å². The molecule has 2 aromatic carbocycles. The smallest absolute Gasteiger partial charge is 0.408 e. The topological polar surface area (TPSA) is 81.3 Å². The number of fused-ring (bicyclic) bond motifs is 1. The van der Waals surface area contributed by atoms with Gasteiger partial charge in [-0.15, -0.1) is 0 Å². The third kappa shape index (κ3) is 4.42. The Balaban J connectivity index is 1.69. The van der Waals surface area contributed by atoms with E-state index >= 15 is 0 Å². The molecule has 27 heavy (non-hydrogen) atoms. The van der Waals surface area contributed by atoms with Crippen LogP contribution in [-0.4, -0.2) is 18.7 Å². The van der Waals surface area contributed by atoms with E-state index in [9.17, 15) is 13.2 Å². The fraction of sp³-hybridized carbons (Fsp3) is 0.350. The minimum atomic E-state index is -3.52. The maximum absolute atomic E-state index is 12.4. The van der Waals surface area contributed by atoms with E-state index in [1.165, 1.54) is 16.2 Å². The van der Waals surface area contributed by atoms with Crippen LogP contribution in [0.5, 0.6) is 0 Å². The number of anilines is 1. The van der Waals surface area contributed by atoms with Crippen molar-refractivity contribution in [1.29, 1.82) is 0 Å². The molecular formula is C20H24N2O4S. The first-order chi connectivity index (χ1) is 12.5. The number of oxazole rings is 1. The zero-order chi connectivity index (χ0) is 19.8. The molecule has 0 amide bonds. The molecule has 0 aliphatic rings. The summed E-state index contributed by atoms with van der Waals surface area (Å²) in [6.07, 6.45) is 0.419. The van der Waals surface area contributed by atoms with E-state index in [1.807, 2.05) is 24.3 Å². The van der Waals surface area contributed by atoms with Gasteiger partial charge in [-0.3, -0.25) is 9.29 Å². The van der Waals surface area contributed by atoms with E-state index in [0.29, 0.717) is 23.2 Å². The quantitative estimate of drug-likeness (QED) is 0.726. The highest BCUT2D eigenvalue weighted by Crippen LogP contribution is 2.23. The van der Waals surface area contributed by atoms with Crippen molar-refractivity contribution in [3.63, 3.8) is 0 Å². The van der Waals surface area contributed by atoms with Gasteiger partial charge in [-0.25, -0.2) is 13.2 Å². The van der Waals surface area contributed by atoms with Crippen molar-refractivity contribution in [2.75, 3.05) is 10.5 Å². The SMILES string of the molecule is Cn1c(=O)oc2cc(NS(=O)(=O)CCc3ccc(C(C)(C)C)cc3)ccc21. The number of hydrogen-bond donors (Lipinski definition) is 1. The lowest BCUT2D eigenvalue weighted by Gasteiger charge is -2.19.